The largest absolute Gasteiger partial charge is 0.466 e. The molecule has 0 aromatic carbocycles. The number of anilines is 2. The number of hydrogen-bond donors (Lipinski definition) is 2. The van der Waals surface area contributed by atoms with E-state index in [1.807, 2.05) is 27.9 Å². The summed E-state index contributed by atoms with van der Waals surface area (Å²) in [6, 6.07) is 3.22. The number of rotatable bonds is 8. The van der Waals surface area contributed by atoms with Crippen LogP contribution >= 0.6 is 0 Å². The Morgan fingerprint density at radius 2 is 1.88 bits per heavy atom. The molecule has 0 aliphatic rings. The molecule has 0 radical (unpaired) electrons. The maximum atomic E-state index is 10.7. The smallest absolute Gasteiger partial charge is 0.330 e. The zero-order chi connectivity index (χ0) is 18.4. The summed E-state index contributed by atoms with van der Waals surface area (Å²) in [6.07, 6.45) is 0. The molecular formula is C14H20N8O3. The van der Waals surface area contributed by atoms with Gasteiger partial charge in [-0.2, -0.15) is 15.0 Å². The van der Waals surface area contributed by atoms with Gasteiger partial charge in [0.15, 0.2) is 6.61 Å². The summed E-state index contributed by atoms with van der Waals surface area (Å²) in [4.78, 5) is 25.1. The van der Waals surface area contributed by atoms with Crippen LogP contribution in [-0.2, 0) is 4.79 Å². The molecule has 2 aromatic heterocycles. The van der Waals surface area contributed by atoms with E-state index in [0.717, 1.165) is 0 Å². The molecule has 0 spiro atoms. The number of carbonyl (C=O) groups excluding carboxylic acids is 1. The Kier molecular flexibility index (Phi) is 5.82. The van der Waals surface area contributed by atoms with E-state index in [-0.39, 0.29) is 30.4 Å². The van der Waals surface area contributed by atoms with Crippen LogP contribution in [0, 0.1) is 0 Å². The second-order valence-electron chi connectivity index (χ2n) is 5.50. The van der Waals surface area contributed by atoms with Gasteiger partial charge in [0.25, 0.3) is 5.91 Å². The summed E-state index contributed by atoms with van der Waals surface area (Å²) in [5.74, 6) is 0.532. The van der Waals surface area contributed by atoms with Crippen molar-refractivity contribution in [2.45, 2.75) is 19.9 Å². The van der Waals surface area contributed by atoms with Gasteiger partial charge in [-0.3, -0.25) is 4.79 Å². The lowest BCUT2D eigenvalue weighted by Gasteiger charge is -2.14. The van der Waals surface area contributed by atoms with E-state index in [1.165, 1.54) is 12.1 Å². The molecule has 0 saturated heterocycles. The summed E-state index contributed by atoms with van der Waals surface area (Å²) in [5, 5.41) is 10.7. The van der Waals surface area contributed by atoms with Gasteiger partial charge in [-0.25, -0.2) is 0 Å². The number of nitrogens with two attached hydrogens (primary N) is 1. The van der Waals surface area contributed by atoms with Crippen molar-refractivity contribution >= 4 is 17.8 Å². The van der Waals surface area contributed by atoms with Gasteiger partial charge in [-0.1, -0.05) is 0 Å². The summed E-state index contributed by atoms with van der Waals surface area (Å²) in [7, 11) is 3.62. The molecule has 3 N–H and O–H groups in total. The predicted octanol–water partition coefficient (Wildman–Crippen LogP) is 0.204. The minimum Gasteiger partial charge on any atom is -0.466 e. The van der Waals surface area contributed by atoms with Crippen LogP contribution in [-0.4, -0.2) is 57.8 Å². The van der Waals surface area contributed by atoms with E-state index in [4.69, 9.17) is 15.2 Å². The molecule has 11 nitrogen and oxygen atoms in total. The fourth-order valence-corrected chi connectivity index (χ4v) is 1.59. The molecule has 0 saturated carbocycles. The Morgan fingerprint density at radius 3 is 2.44 bits per heavy atom. The first-order valence-corrected chi connectivity index (χ1v) is 7.46. The molecule has 2 rings (SSSR count). The fraction of sp³-hybridized carbons (Fsp3) is 0.429. The number of nitrogens with one attached hydrogen (secondary N) is 1. The Balaban J connectivity index is 2.15. The van der Waals surface area contributed by atoms with Crippen molar-refractivity contribution in [1.82, 2.24) is 25.1 Å². The Labute approximate surface area is 144 Å². The van der Waals surface area contributed by atoms with Crippen molar-refractivity contribution in [3.8, 4) is 17.8 Å². The second-order valence-corrected chi connectivity index (χ2v) is 5.50. The number of amides is 1. The van der Waals surface area contributed by atoms with Crippen molar-refractivity contribution in [2.75, 3.05) is 30.9 Å². The lowest BCUT2D eigenvalue weighted by molar-refractivity contribution is -0.120. The van der Waals surface area contributed by atoms with E-state index in [1.54, 1.807) is 4.90 Å². The van der Waals surface area contributed by atoms with E-state index >= 15 is 0 Å². The third kappa shape index (κ3) is 5.71. The fourth-order valence-electron chi connectivity index (χ4n) is 1.59. The molecule has 1 amide bonds. The minimum absolute atomic E-state index is 0.0713. The number of carbonyl (C=O) groups is 1. The highest BCUT2D eigenvalue weighted by Gasteiger charge is 2.12. The molecule has 0 bridgehead atoms. The third-order valence-corrected chi connectivity index (χ3v) is 2.59. The minimum atomic E-state index is -0.603. The van der Waals surface area contributed by atoms with Gasteiger partial charge < -0.3 is 25.4 Å². The van der Waals surface area contributed by atoms with Crippen molar-refractivity contribution in [1.29, 1.82) is 0 Å². The van der Waals surface area contributed by atoms with E-state index in [9.17, 15) is 4.79 Å². The predicted molar refractivity (Wildman–Crippen MR) is 89.7 cm³/mol. The van der Waals surface area contributed by atoms with E-state index < -0.39 is 5.91 Å². The average molecular weight is 348 g/mol. The van der Waals surface area contributed by atoms with Crippen LogP contribution in [0.4, 0.5) is 11.9 Å². The maximum Gasteiger partial charge on any atom is 0.330 e. The van der Waals surface area contributed by atoms with Crippen molar-refractivity contribution in [3.63, 3.8) is 0 Å². The van der Waals surface area contributed by atoms with Crippen LogP contribution in [0.2, 0.25) is 0 Å². The van der Waals surface area contributed by atoms with E-state index in [0.29, 0.717) is 11.9 Å². The van der Waals surface area contributed by atoms with Crippen LogP contribution in [0.25, 0.3) is 0 Å². The number of aromatic nitrogens is 5. The molecule has 11 heteroatoms. The zero-order valence-electron chi connectivity index (χ0n) is 14.4. The monoisotopic (exact) mass is 348 g/mol. The highest BCUT2D eigenvalue weighted by molar-refractivity contribution is 5.75. The molecule has 0 unspecified atom stereocenters. The topological polar surface area (TPSA) is 141 Å². The van der Waals surface area contributed by atoms with Crippen LogP contribution < -0.4 is 25.4 Å². The number of hydrogen-bond acceptors (Lipinski definition) is 10. The van der Waals surface area contributed by atoms with Crippen molar-refractivity contribution in [3.05, 3.63) is 12.1 Å². The first-order chi connectivity index (χ1) is 11.8. The summed E-state index contributed by atoms with van der Waals surface area (Å²) < 4.78 is 10.5. The Bertz CT molecular complexity index is 721. The Morgan fingerprint density at radius 1 is 1.20 bits per heavy atom. The van der Waals surface area contributed by atoms with Crippen LogP contribution in [0.3, 0.4) is 0 Å². The highest BCUT2D eigenvalue weighted by Crippen LogP contribution is 2.19. The van der Waals surface area contributed by atoms with Crippen molar-refractivity contribution in [2.24, 2.45) is 5.73 Å². The standard InChI is InChI=1S/C14H20N8O3/c1-8(2)16-12-17-13(22(3)4)19-14(18-12)25-11-6-5-10(20-21-11)24-7-9(15)23/h5-6,8H,7H2,1-4H3,(H2,15,23)(H,16,17,18,19). The molecule has 2 aromatic rings. The van der Waals surface area contributed by atoms with Gasteiger partial charge in [0.1, 0.15) is 0 Å². The number of ether oxygens (including phenoxy) is 2. The molecular weight excluding hydrogens is 328 g/mol. The summed E-state index contributed by atoms with van der Waals surface area (Å²) >= 11 is 0. The molecule has 0 atom stereocenters. The lowest BCUT2D eigenvalue weighted by Crippen LogP contribution is -2.20. The Hall–Kier alpha value is -3.24. The first-order valence-electron chi connectivity index (χ1n) is 7.46. The second kappa shape index (κ2) is 8.04. The summed E-state index contributed by atoms with van der Waals surface area (Å²) in [5.41, 5.74) is 4.99. The molecule has 0 aliphatic carbocycles. The van der Waals surface area contributed by atoms with Gasteiger partial charge >= 0.3 is 6.01 Å². The van der Waals surface area contributed by atoms with Crippen LogP contribution in [0.1, 0.15) is 13.8 Å². The van der Waals surface area contributed by atoms with Crippen LogP contribution in [0.15, 0.2) is 12.1 Å². The third-order valence-electron chi connectivity index (χ3n) is 2.59. The molecule has 2 heterocycles. The van der Waals surface area contributed by atoms with E-state index in [2.05, 4.69) is 30.5 Å². The van der Waals surface area contributed by atoms with Gasteiger partial charge in [-0.15, -0.1) is 10.2 Å². The molecule has 0 fully saturated rings. The van der Waals surface area contributed by atoms with Gasteiger partial charge in [0, 0.05) is 32.3 Å². The lowest BCUT2D eigenvalue weighted by atomic mass is 10.4. The maximum absolute atomic E-state index is 10.7. The van der Waals surface area contributed by atoms with Gasteiger partial charge in [0.05, 0.1) is 0 Å². The molecule has 134 valence electrons. The molecule has 25 heavy (non-hydrogen) atoms. The molecule has 0 aliphatic heterocycles. The SMILES string of the molecule is CC(C)Nc1nc(Oc2ccc(OCC(N)=O)nn2)nc(N(C)C)n1. The zero-order valence-corrected chi connectivity index (χ0v) is 14.4. The van der Waals surface area contributed by atoms with Gasteiger partial charge in [0.2, 0.25) is 23.7 Å². The average Bonchev–Trinajstić information content (AvgIpc) is 2.53. The normalized spacial score (nSPS) is 10.4. The highest BCUT2D eigenvalue weighted by atomic mass is 16.5. The van der Waals surface area contributed by atoms with Gasteiger partial charge in [-0.05, 0) is 13.8 Å². The number of primary amides is 1. The first kappa shape index (κ1) is 18.1. The summed E-state index contributed by atoms with van der Waals surface area (Å²) in [6.45, 7) is 3.66. The van der Waals surface area contributed by atoms with Crippen LogP contribution in [0.5, 0.6) is 17.8 Å². The quantitative estimate of drug-likeness (QED) is 0.679. The number of nitrogens with zero attached hydrogens (tertiary/aromatic N) is 6. The van der Waals surface area contributed by atoms with Crippen molar-refractivity contribution < 1.29 is 14.3 Å².